The molecule has 3 aromatic carbocycles. The van der Waals surface area contributed by atoms with Gasteiger partial charge >= 0.3 is 31.1 Å². The fraction of sp³-hybridized carbons (Fsp3) is 0.136. The molecule has 0 aliphatic carbocycles. The SMILES string of the molecule is C[C-](C)C.[U+2].[c-]1ccc([S+](c2ccccc2)c2ccccc2)cc1. The Balaban J connectivity index is 0.000000522. The summed E-state index contributed by atoms with van der Waals surface area (Å²) in [5.74, 6) is 1.42. The average molecular weight is 558 g/mol. The molecule has 0 N–H and O–H groups in total. The van der Waals surface area contributed by atoms with Crippen molar-refractivity contribution in [3.05, 3.63) is 96.9 Å². The van der Waals surface area contributed by atoms with Crippen LogP contribution in [-0.4, -0.2) is 0 Å². The van der Waals surface area contributed by atoms with Crippen molar-refractivity contribution in [2.24, 2.45) is 0 Å². The van der Waals surface area contributed by atoms with Crippen LogP contribution in [-0.2, 0) is 10.9 Å². The number of benzene rings is 3. The zero-order valence-corrected chi connectivity index (χ0v) is 19.5. The molecule has 0 bridgehead atoms. The average Bonchev–Trinajstić information content (AvgIpc) is 2.58. The number of hydrogen-bond donors (Lipinski definition) is 0. The first-order chi connectivity index (χ1) is 11.2. The fourth-order valence-electron chi connectivity index (χ4n) is 2.03. The van der Waals surface area contributed by atoms with E-state index in [1.807, 2.05) is 12.1 Å². The van der Waals surface area contributed by atoms with Gasteiger partial charge in [-0.05, 0) is 24.3 Å². The summed E-state index contributed by atoms with van der Waals surface area (Å²) in [6, 6.07) is 32.7. The summed E-state index contributed by atoms with van der Waals surface area (Å²) in [6.07, 6.45) is 0. The molecule has 3 aromatic rings. The van der Waals surface area contributed by atoms with Gasteiger partial charge < -0.3 is 5.92 Å². The number of hydrogen-bond acceptors (Lipinski definition) is 0. The van der Waals surface area contributed by atoms with E-state index in [4.69, 9.17) is 0 Å². The Hall–Kier alpha value is -0.938. The third-order valence-electron chi connectivity index (χ3n) is 2.88. The number of rotatable bonds is 3. The van der Waals surface area contributed by atoms with Gasteiger partial charge in [0.25, 0.3) is 0 Å². The van der Waals surface area contributed by atoms with E-state index in [2.05, 4.69) is 99.6 Å². The van der Waals surface area contributed by atoms with Crippen molar-refractivity contribution in [1.29, 1.82) is 0 Å². The maximum absolute atomic E-state index is 3.10. The van der Waals surface area contributed by atoms with Gasteiger partial charge in [0.15, 0.2) is 9.79 Å². The molecule has 0 radical (unpaired) electrons. The molecule has 0 heterocycles. The van der Waals surface area contributed by atoms with Crippen LogP contribution in [0, 0.1) is 43.1 Å². The maximum Gasteiger partial charge on any atom is 2.00 e. The molecule has 0 saturated heterocycles. The van der Waals surface area contributed by atoms with E-state index >= 15 is 0 Å². The monoisotopic (exact) mass is 557 g/mol. The Bertz CT molecular complexity index is 569. The molecule has 120 valence electrons. The maximum atomic E-state index is 3.10. The third kappa shape index (κ3) is 6.90. The molecule has 0 aliphatic rings. The van der Waals surface area contributed by atoms with E-state index in [-0.39, 0.29) is 42.0 Å². The van der Waals surface area contributed by atoms with E-state index in [9.17, 15) is 0 Å². The molecule has 2 heteroatoms. The van der Waals surface area contributed by atoms with Crippen LogP contribution in [0.5, 0.6) is 0 Å². The van der Waals surface area contributed by atoms with Crippen LogP contribution < -0.4 is 0 Å². The van der Waals surface area contributed by atoms with Gasteiger partial charge in [0.05, 0.1) is 15.8 Å². The van der Waals surface area contributed by atoms with E-state index in [0.717, 1.165) is 0 Å². The summed E-state index contributed by atoms with van der Waals surface area (Å²) in [5.41, 5.74) is 0. The van der Waals surface area contributed by atoms with Crippen LogP contribution in [0.1, 0.15) is 20.8 Å². The van der Waals surface area contributed by atoms with Gasteiger partial charge in [0, 0.05) is 0 Å². The van der Waals surface area contributed by atoms with Crippen LogP contribution in [0.2, 0.25) is 0 Å². The van der Waals surface area contributed by atoms with Crippen LogP contribution >= 0.6 is 0 Å². The van der Waals surface area contributed by atoms with E-state index in [0.29, 0.717) is 0 Å². The smallest absolute Gasteiger partial charge is 0.323 e. The minimum atomic E-state index is -0.0346. The molecule has 0 saturated carbocycles. The van der Waals surface area contributed by atoms with Crippen LogP contribution in [0.15, 0.2) is 99.6 Å². The Kier molecular flexibility index (Phi) is 10.2. The van der Waals surface area contributed by atoms with Gasteiger partial charge in [-0.2, -0.15) is 39.0 Å². The summed E-state index contributed by atoms with van der Waals surface area (Å²) >= 11 is 0. The van der Waals surface area contributed by atoms with Crippen molar-refractivity contribution in [2.45, 2.75) is 35.5 Å². The van der Waals surface area contributed by atoms with Gasteiger partial charge in [0.2, 0.25) is 0 Å². The van der Waals surface area contributed by atoms with Crippen LogP contribution in [0.3, 0.4) is 0 Å². The molecular weight excluding hydrogens is 534 g/mol. The second-order valence-corrected chi connectivity index (χ2v) is 7.69. The van der Waals surface area contributed by atoms with E-state index in [1.165, 1.54) is 20.6 Å². The standard InChI is InChI=1S/C18H14S.C4H9.U/c1-4-10-16(11-5-1)19(17-12-6-2-7-13-17)18-14-8-3-9-15-18;1-4(2)3;/h1-2,4-15H;1-3H3;/q;-1;+2. The molecule has 0 amide bonds. The zero-order chi connectivity index (χ0) is 16.5. The minimum absolute atomic E-state index is 0. The Labute approximate surface area is 173 Å². The molecule has 0 nitrogen and oxygen atoms in total. The first-order valence-electron chi connectivity index (χ1n) is 7.76. The fourth-order valence-corrected chi connectivity index (χ4v) is 4.11. The molecule has 3 rings (SSSR count). The summed E-state index contributed by atoms with van der Waals surface area (Å²) in [7, 11) is -0.0346. The van der Waals surface area contributed by atoms with Crippen molar-refractivity contribution in [3.8, 4) is 0 Å². The van der Waals surface area contributed by atoms with Crippen molar-refractivity contribution in [3.63, 3.8) is 0 Å². The molecule has 24 heavy (non-hydrogen) atoms. The van der Waals surface area contributed by atoms with Crippen molar-refractivity contribution in [1.82, 2.24) is 0 Å². The molecular formula is C22H23SU+. The van der Waals surface area contributed by atoms with E-state index in [1.54, 1.807) is 0 Å². The van der Waals surface area contributed by atoms with Gasteiger partial charge in [-0.15, -0.1) is 12.1 Å². The van der Waals surface area contributed by atoms with Crippen LogP contribution in [0.25, 0.3) is 0 Å². The normalized spacial score (nSPS) is 9.88. The summed E-state index contributed by atoms with van der Waals surface area (Å²) in [6.45, 7) is 6.25. The predicted octanol–water partition coefficient (Wildman–Crippen LogP) is 6.20. The third-order valence-corrected chi connectivity index (χ3v) is 5.11. The molecule has 0 unspecified atom stereocenters. The first-order valence-corrected chi connectivity index (χ1v) is 8.98. The Morgan fingerprint density at radius 1 is 0.625 bits per heavy atom. The molecule has 0 spiro atoms. The van der Waals surface area contributed by atoms with Gasteiger partial charge in [-0.25, -0.2) is 0 Å². The van der Waals surface area contributed by atoms with Crippen molar-refractivity contribution in [2.75, 3.05) is 0 Å². The predicted molar refractivity (Wildman–Crippen MR) is 101 cm³/mol. The first kappa shape index (κ1) is 21.1. The molecule has 0 aliphatic heterocycles. The summed E-state index contributed by atoms with van der Waals surface area (Å²) in [4.78, 5) is 4.02. The second kappa shape index (κ2) is 11.6. The van der Waals surface area contributed by atoms with Crippen molar-refractivity contribution < 1.29 is 31.1 Å². The Morgan fingerprint density at radius 3 is 1.33 bits per heavy atom. The van der Waals surface area contributed by atoms with Crippen LogP contribution in [0.4, 0.5) is 0 Å². The molecule has 0 atom stereocenters. The molecule has 0 fully saturated rings. The summed E-state index contributed by atoms with van der Waals surface area (Å²) < 4.78 is 0. The van der Waals surface area contributed by atoms with Crippen molar-refractivity contribution >= 4 is 10.9 Å². The quantitative estimate of drug-likeness (QED) is 0.266. The molecule has 0 aromatic heterocycles. The van der Waals surface area contributed by atoms with Gasteiger partial charge in [0.1, 0.15) is 0 Å². The largest absolute Gasteiger partial charge is 2.00 e. The Morgan fingerprint density at radius 2 is 0.958 bits per heavy atom. The summed E-state index contributed by atoms with van der Waals surface area (Å²) in [5, 5.41) is 0. The zero-order valence-electron chi connectivity index (χ0n) is 14.5. The van der Waals surface area contributed by atoms with E-state index < -0.39 is 0 Å². The minimum Gasteiger partial charge on any atom is -0.323 e. The second-order valence-electron chi connectivity index (χ2n) is 5.67. The van der Waals surface area contributed by atoms with Gasteiger partial charge in [-0.3, -0.25) is 0 Å². The topological polar surface area (TPSA) is 0 Å². The van der Waals surface area contributed by atoms with Gasteiger partial charge in [-0.1, -0.05) is 36.4 Å².